The summed E-state index contributed by atoms with van der Waals surface area (Å²) in [6.45, 7) is 0.277. The first-order chi connectivity index (χ1) is 22.0. The summed E-state index contributed by atoms with van der Waals surface area (Å²) in [5, 5.41) is 5.82. The molecule has 44 heavy (non-hydrogen) atoms. The van der Waals surface area contributed by atoms with Gasteiger partial charge >= 0.3 is 6.18 Å². The van der Waals surface area contributed by atoms with E-state index in [9.17, 15) is 22.8 Å². The van der Waals surface area contributed by atoms with Gasteiger partial charge in [-0.3, -0.25) is 9.59 Å². The van der Waals surface area contributed by atoms with E-state index >= 15 is 0 Å². The van der Waals surface area contributed by atoms with E-state index < -0.39 is 41.6 Å². The van der Waals surface area contributed by atoms with E-state index in [1.807, 2.05) is 6.92 Å². The normalized spacial score (nSPS) is 19.9. The molecule has 3 aromatic rings. The largest absolute Gasteiger partial charge is 0.495 e. The molecule has 0 atom stereocenters. The van der Waals surface area contributed by atoms with Gasteiger partial charge in [-0.2, -0.15) is 18.2 Å². The molecular formula is C31H33F3N6O4. The second-order valence-corrected chi connectivity index (χ2v) is 11.6. The number of rotatable bonds is 7. The maximum atomic E-state index is 14.0. The third-order valence-electron chi connectivity index (χ3n) is 8.67. The van der Waals surface area contributed by atoms with Gasteiger partial charge in [0.15, 0.2) is 0 Å². The molecule has 2 aromatic carbocycles. The van der Waals surface area contributed by atoms with Crippen molar-refractivity contribution in [2.45, 2.75) is 49.9 Å². The predicted molar refractivity (Wildman–Crippen MR) is 155 cm³/mol. The molecule has 1 aliphatic carbocycles. The lowest BCUT2D eigenvalue weighted by atomic mass is 9.89. The Morgan fingerprint density at radius 2 is 1.86 bits per heavy atom. The summed E-state index contributed by atoms with van der Waals surface area (Å²) >= 11 is 0. The molecular weight excluding hydrogens is 577 g/mol. The van der Waals surface area contributed by atoms with Crippen LogP contribution in [0, 0.1) is 0 Å². The lowest BCUT2D eigenvalue weighted by molar-refractivity contribution is -0.139. The van der Waals surface area contributed by atoms with Crippen LogP contribution in [0.3, 0.4) is 0 Å². The van der Waals surface area contributed by atoms with Crippen molar-refractivity contribution in [3.63, 3.8) is 0 Å². The van der Waals surface area contributed by atoms with Crippen molar-refractivity contribution in [1.29, 1.82) is 0 Å². The SMILES string of the molecule is [2H]C([2H])([2H])N1CCC(C)(NC(=O)c2ccc(Nc3ncc(C(F)(F)F)c(Oc4cccc5c4C(=O)N(C)C54CC4)n3)c(OC)c2)CC1. The molecule has 1 saturated carbocycles. The van der Waals surface area contributed by atoms with E-state index in [1.54, 1.807) is 24.1 Å². The Morgan fingerprint density at radius 3 is 2.52 bits per heavy atom. The van der Waals surface area contributed by atoms with Crippen LogP contribution in [0.5, 0.6) is 17.4 Å². The summed E-state index contributed by atoms with van der Waals surface area (Å²) in [4.78, 5) is 37.1. The number of alkyl halides is 3. The van der Waals surface area contributed by atoms with Gasteiger partial charge in [0, 0.05) is 41.5 Å². The zero-order valence-corrected chi connectivity index (χ0v) is 24.3. The molecule has 0 bridgehead atoms. The lowest BCUT2D eigenvalue weighted by Crippen LogP contribution is -2.52. The number of aromatic nitrogens is 2. The molecule has 2 fully saturated rings. The summed E-state index contributed by atoms with van der Waals surface area (Å²) in [6.07, 6.45) is -1.85. The van der Waals surface area contributed by atoms with Gasteiger partial charge in [-0.05, 0) is 69.4 Å². The Morgan fingerprint density at radius 1 is 1.11 bits per heavy atom. The molecule has 2 amide bonds. The fourth-order valence-corrected chi connectivity index (χ4v) is 5.82. The Kier molecular flexibility index (Phi) is 6.31. The number of anilines is 2. The monoisotopic (exact) mass is 613 g/mol. The lowest BCUT2D eigenvalue weighted by Gasteiger charge is -2.38. The number of nitrogens with zero attached hydrogens (tertiary/aromatic N) is 4. The number of carbonyl (C=O) groups excluding carboxylic acids is 2. The quantitative estimate of drug-likeness (QED) is 0.368. The Hall–Kier alpha value is -4.39. The number of nitrogens with one attached hydrogen (secondary N) is 2. The standard InChI is InChI=1S/C31H33F3N6O4/c1-29(12-14-39(2)15-13-29)38-25(41)18-8-9-21(23(16-18)43-4)36-28-35-17-20(31(32,33)34)26(37-28)44-22-7-5-6-19-24(22)27(42)40(3)30(19)10-11-30/h5-9,16-17H,10-15H2,1-4H3,(H,38,41)(H,35,36,37)/i2D3. The van der Waals surface area contributed by atoms with Gasteiger partial charge in [-0.1, -0.05) is 12.1 Å². The van der Waals surface area contributed by atoms with E-state index in [0.717, 1.165) is 12.8 Å². The molecule has 10 nitrogen and oxygen atoms in total. The fourth-order valence-electron chi connectivity index (χ4n) is 5.82. The van der Waals surface area contributed by atoms with E-state index in [0.29, 0.717) is 37.7 Å². The summed E-state index contributed by atoms with van der Waals surface area (Å²) < 4.78 is 76.1. The molecule has 1 spiro atoms. The molecule has 1 aromatic heterocycles. The molecule has 3 heterocycles. The molecule has 1 saturated heterocycles. The average molecular weight is 614 g/mol. The number of ether oxygens (including phenoxy) is 2. The number of amides is 2. The van der Waals surface area contributed by atoms with Gasteiger partial charge in [-0.15, -0.1) is 0 Å². The highest BCUT2D eigenvalue weighted by atomic mass is 19.4. The van der Waals surface area contributed by atoms with Gasteiger partial charge in [0.2, 0.25) is 11.8 Å². The fraction of sp³-hybridized carbons (Fsp3) is 0.419. The first kappa shape index (κ1) is 26.1. The van der Waals surface area contributed by atoms with Crippen LogP contribution in [0.25, 0.3) is 0 Å². The van der Waals surface area contributed by atoms with Crippen LogP contribution in [0.1, 0.15) is 68.6 Å². The van der Waals surface area contributed by atoms with Crippen LogP contribution in [0.15, 0.2) is 42.6 Å². The van der Waals surface area contributed by atoms with Crippen molar-refractivity contribution in [2.75, 3.05) is 39.5 Å². The zero-order valence-electron chi connectivity index (χ0n) is 27.3. The maximum absolute atomic E-state index is 14.0. The van der Waals surface area contributed by atoms with Crippen LogP contribution in [-0.2, 0) is 11.7 Å². The Labute approximate surface area is 256 Å². The van der Waals surface area contributed by atoms with E-state index in [-0.39, 0.29) is 40.2 Å². The number of halogens is 3. The number of carbonyl (C=O) groups is 2. The van der Waals surface area contributed by atoms with E-state index in [1.165, 1.54) is 36.3 Å². The highest BCUT2D eigenvalue weighted by molar-refractivity contribution is 6.03. The molecule has 3 aliphatic rings. The maximum Gasteiger partial charge on any atom is 0.423 e. The molecule has 0 radical (unpaired) electrons. The van der Waals surface area contributed by atoms with Crippen LogP contribution in [-0.4, -0.2) is 71.3 Å². The minimum atomic E-state index is -4.85. The van der Waals surface area contributed by atoms with Crippen molar-refractivity contribution in [1.82, 2.24) is 25.1 Å². The Bertz CT molecular complexity index is 1740. The molecule has 232 valence electrons. The summed E-state index contributed by atoms with van der Waals surface area (Å²) in [7, 11) is 3.04. The molecule has 2 N–H and O–H groups in total. The first-order valence-electron chi connectivity index (χ1n) is 15.6. The van der Waals surface area contributed by atoms with Crippen molar-refractivity contribution >= 4 is 23.5 Å². The highest BCUT2D eigenvalue weighted by Crippen LogP contribution is 2.57. The summed E-state index contributed by atoms with van der Waals surface area (Å²) in [6, 6.07) is 9.33. The number of hydrogen-bond acceptors (Lipinski definition) is 8. The third-order valence-corrected chi connectivity index (χ3v) is 8.67. The van der Waals surface area contributed by atoms with Crippen molar-refractivity contribution in [3.05, 3.63) is 64.8 Å². The Balaban J connectivity index is 1.23. The second-order valence-electron chi connectivity index (χ2n) is 11.6. The number of fused-ring (bicyclic) bond motifs is 2. The van der Waals surface area contributed by atoms with Crippen molar-refractivity contribution in [2.24, 2.45) is 0 Å². The first-order valence-corrected chi connectivity index (χ1v) is 14.1. The number of likely N-dealkylation sites (tertiary alicyclic amines) is 1. The predicted octanol–water partition coefficient (Wildman–Crippen LogP) is 5.33. The van der Waals surface area contributed by atoms with Crippen molar-refractivity contribution < 1.29 is 36.3 Å². The average Bonchev–Trinajstić information content (AvgIpc) is 3.78. The van der Waals surface area contributed by atoms with E-state index in [4.69, 9.17) is 13.6 Å². The van der Waals surface area contributed by atoms with Gasteiger partial charge < -0.3 is 29.9 Å². The third kappa shape index (κ3) is 5.29. The topological polar surface area (TPSA) is 109 Å². The number of piperidine rings is 1. The molecule has 6 rings (SSSR count). The van der Waals surface area contributed by atoms with E-state index in [2.05, 4.69) is 20.6 Å². The van der Waals surface area contributed by atoms with Gasteiger partial charge in [0.1, 0.15) is 17.1 Å². The van der Waals surface area contributed by atoms with Gasteiger partial charge in [-0.25, -0.2) is 4.98 Å². The van der Waals surface area contributed by atoms with Crippen LogP contribution >= 0.6 is 0 Å². The molecule has 13 heteroatoms. The van der Waals surface area contributed by atoms with Crippen LogP contribution in [0.2, 0.25) is 0 Å². The number of hydrogen-bond donors (Lipinski definition) is 2. The zero-order chi connectivity index (χ0) is 33.9. The number of methoxy groups -OCH3 is 1. The van der Waals surface area contributed by atoms with Crippen LogP contribution in [0.4, 0.5) is 24.8 Å². The van der Waals surface area contributed by atoms with Gasteiger partial charge in [0.25, 0.3) is 11.8 Å². The summed E-state index contributed by atoms with van der Waals surface area (Å²) in [5.74, 6) is -1.61. The van der Waals surface area contributed by atoms with Crippen molar-refractivity contribution in [3.8, 4) is 17.4 Å². The second kappa shape index (κ2) is 10.7. The number of benzene rings is 2. The summed E-state index contributed by atoms with van der Waals surface area (Å²) in [5.41, 5.74) is -0.853. The minimum absolute atomic E-state index is 0.0380. The van der Waals surface area contributed by atoms with Gasteiger partial charge in [0.05, 0.1) is 23.9 Å². The highest BCUT2D eigenvalue weighted by Gasteiger charge is 2.57. The van der Waals surface area contributed by atoms with Crippen LogP contribution < -0.4 is 20.1 Å². The smallest absolute Gasteiger partial charge is 0.423 e. The minimum Gasteiger partial charge on any atom is -0.495 e. The molecule has 0 unspecified atom stereocenters. The molecule has 2 aliphatic heterocycles.